The molecule has 0 saturated heterocycles. The topological polar surface area (TPSA) is 29.9 Å². The number of hydrogen-bond donors (Lipinski definition) is 1. The van der Waals surface area contributed by atoms with E-state index < -0.39 is 0 Å². The normalized spacial score (nSPS) is 10.9. The average molecular weight is 312 g/mol. The van der Waals surface area contributed by atoms with Crippen molar-refractivity contribution < 1.29 is 0 Å². The minimum Gasteiger partial charge on any atom is -0.333 e. The Morgan fingerprint density at radius 2 is 2.10 bits per heavy atom. The van der Waals surface area contributed by atoms with Crippen LogP contribution in [0.4, 0.5) is 0 Å². The smallest absolute Gasteiger partial charge is 0.0952 e. The molecule has 0 atom stereocenters. The molecule has 0 aliphatic carbocycles. The molecule has 20 heavy (non-hydrogen) atoms. The maximum absolute atomic E-state index is 6.19. The van der Waals surface area contributed by atoms with Crippen LogP contribution in [-0.2, 0) is 13.0 Å². The van der Waals surface area contributed by atoms with Crippen molar-refractivity contribution in [3.8, 4) is 0 Å². The molecule has 2 rings (SSSR count). The molecule has 0 fully saturated rings. The zero-order valence-corrected chi connectivity index (χ0v) is 13.1. The van der Waals surface area contributed by atoms with Gasteiger partial charge in [-0.3, -0.25) is 0 Å². The zero-order valence-electron chi connectivity index (χ0n) is 11.6. The lowest BCUT2D eigenvalue weighted by atomic mass is 10.2. The molecule has 1 N–H and O–H groups in total. The Labute approximate surface area is 129 Å². The fraction of sp³-hybridized carbons (Fsp3) is 0.400. The van der Waals surface area contributed by atoms with Gasteiger partial charge in [-0.05, 0) is 24.6 Å². The lowest BCUT2D eigenvalue weighted by Gasteiger charge is -2.06. The molecule has 0 unspecified atom stereocenters. The summed E-state index contributed by atoms with van der Waals surface area (Å²) in [6.45, 7) is 4.87. The lowest BCUT2D eigenvalue weighted by Crippen LogP contribution is -2.17. The largest absolute Gasteiger partial charge is 0.333 e. The minimum absolute atomic E-state index is 0.591. The van der Waals surface area contributed by atoms with Crippen molar-refractivity contribution in [3.05, 3.63) is 52.0 Å². The molecule has 0 aliphatic heterocycles. The molecule has 1 aromatic heterocycles. The molecule has 1 aromatic carbocycles. The number of aromatic nitrogens is 2. The van der Waals surface area contributed by atoms with E-state index in [2.05, 4.69) is 23.4 Å². The number of benzene rings is 1. The lowest BCUT2D eigenvalue weighted by molar-refractivity contribution is 0.666. The maximum Gasteiger partial charge on any atom is 0.0952 e. The third kappa shape index (κ3) is 4.23. The van der Waals surface area contributed by atoms with Crippen molar-refractivity contribution in [2.45, 2.75) is 26.3 Å². The third-order valence-electron chi connectivity index (χ3n) is 3.06. The summed E-state index contributed by atoms with van der Waals surface area (Å²) in [7, 11) is 0. The molecule has 0 aliphatic rings. The first-order valence-electron chi connectivity index (χ1n) is 6.85. The van der Waals surface area contributed by atoms with Crippen molar-refractivity contribution in [2.75, 3.05) is 13.1 Å². The van der Waals surface area contributed by atoms with E-state index in [-0.39, 0.29) is 0 Å². The summed E-state index contributed by atoms with van der Waals surface area (Å²) >= 11 is 12.2. The predicted octanol–water partition coefficient (Wildman–Crippen LogP) is 3.78. The highest BCUT2D eigenvalue weighted by atomic mass is 35.5. The van der Waals surface area contributed by atoms with Crippen LogP contribution >= 0.6 is 23.2 Å². The van der Waals surface area contributed by atoms with Crippen LogP contribution in [-0.4, -0.2) is 22.6 Å². The van der Waals surface area contributed by atoms with E-state index in [9.17, 15) is 0 Å². The van der Waals surface area contributed by atoms with Crippen LogP contribution in [0.2, 0.25) is 10.0 Å². The Morgan fingerprint density at radius 3 is 2.90 bits per heavy atom. The minimum atomic E-state index is 0.591. The van der Waals surface area contributed by atoms with Gasteiger partial charge in [0.15, 0.2) is 0 Å². The van der Waals surface area contributed by atoms with Crippen molar-refractivity contribution in [3.63, 3.8) is 0 Å². The Balaban J connectivity index is 1.94. The third-order valence-corrected chi connectivity index (χ3v) is 3.91. The predicted molar refractivity (Wildman–Crippen MR) is 84.7 cm³/mol. The van der Waals surface area contributed by atoms with Crippen LogP contribution in [0.1, 0.15) is 24.6 Å². The van der Waals surface area contributed by atoms with Gasteiger partial charge in [-0.1, -0.05) is 42.3 Å². The highest BCUT2D eigenvalue weighted by Crippen LogP contribution is 2.26. The van der Waals surface area contributed by atoms with Gasteiger partial charge in [-0.2, -0.15) is 0 Å². The summed E-state index contributed by atoms with van der Waals surface area (Å²) in [4.78, 5) is 4.41. The van der Waals surface area contributed by atoms with E-state index in [0.717, 1.165) is 37.2 Å². The molecule has 0 radical (unpaired) electrons. The first-order valence-corrected chi connectivity index (χ1v) is 7.60. The second-order valence-corrected chi connectivity index (χ2v) is 5.54. The van der Waals surface area contributed by atoms with Crippen LogP contribution in [0.15, 0.2) is 30.7 Å². The molecule has 0 saturated carbocycles. The average Bonchev–Trinajstić information content (AvgIpc) is 2.88. The summed E-state index contributed by atoms with van der Waals surface area (Å²) < 4.78 is 2.03. The standard InChI is InChI=1S/C15H19Cl2N3/c1-2-7-18-8-6-13-10-20(11-19-13)9-12-4-3-5-14(16)15(12)17/h3-5,10-11,18H,2,6-9H2,1H3. The molecule has 0 amide bonds. The van der Waals surface area contributed by atoms with Crippen LogP contribution in [0.25, 0.3) is 0 Å². The van der Waals surface area contributed by atoms with Crippen LogP contribution in [0, 0.1) is 0 Å². The number of nitrogens with one attached hydrogen (secondary N) is 1. The fourth-order valence-electron chi connectivity index (χ4n) is 2.01. The maximum atomic E-state index is 6.19. The van der Waals surface area contributed by atoms with E-state index in [1.54, 1.807) is 6.07 Å². The summed E-state index contributed by atoms with van der Waals surface area (Å²) in [5.41, 5.74) is 2.10. The number of hydrogen-bond acceptors (Lipinski definition) is 2. The van der Waals surface area contributed by atoms with Crippen LogP contribution in [0.5, 0.6) is 0 Å². The van der Waals surface area contributed by atoms with Gasteiger partial charge in [0.2, 0.25) is 0 Å². The SMILES string of the molecule is CCCNCCc1cn(Cc2cccc(Cl)c2Cl)cn1. The Bertz CT molecular complexity index is 552. The number of imidazole rings is 1. The van der Waals surface area contributed by atoms with Crippen molar-refractivity contribution in [1.29, 1.82) is 0 Å². The Kier molecular flexibility index (Phi) is 5.89. The molecule has 1 heterocycles. The van der Waals surface area contributed by atoms with Gasteiger partial charge in [-0.25, -0.2) is 4.98 Å². The van der Waals surface area contributed by atoms with E-state index in [1.807, 2.05) is 23.0 Å². The first kappa shape index (κ1) is 15.4. The van der Waals surface area contributed by atoms with Crippen molar-refractivity contribution >= 4 is 23.2 Å². The molecular weight excluding hydrogens is 293 g/mol. The molecule has 2 aromatic rings. The van der Waals surface area contributed by atoms with Crippen LogP contribution in [0.3, 0.4) is 0 Å². The van der Waals surface area contributed by atoms with Gasteiger partial charge in [0, 0.05) is 19.2 Å². The molecular formula is C15H19Cl2N3. The fourth-order valence-corrected chi connectivity index (χ4v) is 2.39. The summed E-state index contributed by atoms with van der Waals surface area (Å²) in [5.74, 6) is 0. The van der Waals surface area contributed by atoms with Crippen molar-refractivity contribution in [2.24, 2.45) is 0 Å². The van der Waals surface area contributed by atoms with Gasteiger partial charge in [0.1, 0.15) is 0 Å². The van der Waals surface area contributed by atoms with Gasteiger partial charge < -0.3 is 9.88 Å². The summed E-state index contributed by atoms with van der Waals surface area (Å²) in [6, 6.07) is 5.69. The van der Waals surface area contributed by atoms with E-state index >= 15 is 0 Å². The van der Waals surface area contributed by atoms with Gasteiger partial charge in [0.25, 0.3) is 0 Å². The summed E-state index contributed by atoms with van der Waals surface area (Å²) in [5, 5.41) is 4.58. The molecule has 0 bridgehead atoms. The number of nitrogens with zero attached hydrogens (tertiary/aromatic N) is 2. The molecule has 3 nitrogen and oxygen atoms in total. The zero-order chi connectivity index (χ0) is 14.4. The van der Waals surface area contributed by atoms with Gasteiger partial charge in [-0.15, -0.1) is 0 Å². The Hall–Kier alpha value is -1.03. The highest BCUT2D eigenvalue weighted by Gasteiger charge is 2.06. The summed E-state index contributed by atoms with van der Waals surface area (Å²) in [6.07, 6.45) is 6.00. The molecule has 5 heteroatoms. The van der Waals surface area contributed by atoms with E-state index in [0.29, 0.717) is 16.6 Å². The number of halogens is 2. The molecule has 0 spiro atoms. The second-order valence-electron chi connectivity index (χ2n) is 4.75. The van der Waals surface area contributed by atoms with Gasteiger partial charge in [0.05, 0.1) is 28.6 Å². The van der Waals surface area contributed by atoms with Crippen LogP contribution < -0.4 is 5.32 Å². The number of rotatable bonds is 7. The highest BCUT2D eigenvalue weighted by molar-refractivity contribution is 6.42. The Morgan fingerprint density at radius 1 is 1.25 bits per heavy atom. The second kappa shape index (κ2) is 7.67. The first-order chi connectivity index (χ1) is 9.70. The van der Waals surface area contributed by atoms with Gasteiger partial charge >= 0.3 is 0 Å². The monoisotopic (exact) mass is 311 g/mol. The molecule has 108 valence electrons. The quantitative estimate of drug-likeness (QED) is 0.789. The van der Waals surface area contributed by atoms with E-state index in [1.165, 1.54) is 0 Å². The van der Waals surface area contributed by atoms with Crippen molar-refractivity contribution in [1.82, 2.24) is 14.9 Å². The van der Waals surface area contributed by atoms with E-state index in [4.69, 9.17) is 23.2 Å².